The van der Waals surface area contributed by atoms with Gasteiger partial charge >= 0.3 is 0 Å². The number of aromatic nitrogens is 1. The molecule has 6 heteroatoms. The SMILES string of the molecule is O=C(NCc1cccnc1)[C@@]12CCCCN1C[C@@H](NC1CCSCC1)C2. The van der Waals surface area contributed by atoms with E-state index in [1.54, 1.807) is 6.20 Å². The number of pyridine rings is 1. The van der Waals surface area contributed by atoms with Gasteiger partial charge < -0.3 is 10.6 Å². The van der Waals surface area contributed by atoms with Crippen LogP contribution in [0, 0.1) is 0 Å². The smallest absolute Gasteiger partial charge is 0.240 e. The van der Waals surface area contributed by atoms with E-state index in [1.165, 1.54) is 30.8 Å². The number of hydrogen-bond donors (Lipinski definition) is 2. The largest absolute Gasteiger partial charge is 0.350 e. The van der Waals surface area contributed by atoms with E-state index < -0.39 is 0 Å². The zero-order valence-corrected chi connectivity index (χ0v) is 16.3. The third-order valence-corrected chi connectivity index (χ3v) is 7.24. The molecule has 26 heavy (non-hydrogen) atoms. The number of nitrogens with zero attached hydrogens (tertiary/aromatic N) is 2. The molecule has 1 aromatic heterocycles. The molecule has 1 aromatic rings. The number of nitrogens with one attached hydrogen (secondary N) is 2. The van der Waals surface area contributed by atoms with Crippen molar-refractivity contribution in [3.05, 3.63) is 30.1 Å². The van der Waals surface area contributed by atoms with Crippen LogP contribution in [0.3, 0.4) is 0 Å². The molecule has 2 N–H and O–H groups in total. The number of piperidine rings is 1. The van der Waals surface area contributed by atoms with Crippen LogP contribution in [0.1, 0.15) is 44.1 Å². The molecule has 0 saturated carbocycles. The number of rotatable bonds is 5. The van der Waals surface area contributed by atoms with Gasteiger partial charge in [-0.15, -0.1) is 0 Å². The summed E-state index contributed by atoms with van der Waals surface area (Å²) in [5.41, 5.74) is 0.758. The van der Waals surface area contributed by atoms with Gasteiger partial charge in [0.25, 0.3) is 0 Å². The molecule has 0 unspecified atom stereocenters. The van der Waals surface area contributed by atoms with Gasteiger partial charge in [-0.05, 0) is 68.2 Å². The number of carbonyl (C=O) groups excluding carboxylic acids is 1. The fraction of sp³-hybridized carbons (Fsp3) is 0.700. The summed E-state index contributed by atoms with van der Waals surface area (Å²) in [5, 5.41) is 7.09. The van der Waals surface area contributed by atoms with Gasteiger partial charge in [-0.2, -0.15) is 11.8 Å². The molecule has 3 aliphatic rings. The molecule has 142 valence electrons. The van der Waals surface area contributed by atoms with Crippen molar-refractivity contribution in [2.75, 3.05) is 24.6 Å². The minimum absolute atomic E-state index is 0.213. The number of amides is 1. The molecule has 4 rings (SSSR count). The molecule has 0 bridgehead atoms. The van der Waals surface area contributed by atoms with Crippen LogP contribution in [0.5, 0.6) is 0 Å². The minimum Gasteiger partial charge on any atom is -0.350 e. The molecule has 1 amide bonds. The Morgan fingerprint density at radius 1 is 1.31 bits per heavy atom. The summed E-state index contributed by atoms with van der Waals surface area (Å²) in [4.78, 5) is 19.8. The van der Waals surface area contributed by atoms with Crippen LogP contribution in [0.25, 0.3) is 0 Å². The van der Waals surface area contributed by atoms with Gasteiger partial charge in [0.1, 0.15) is 5.54 Å². The van der Waals surface area contributed by atoms with E-state index >= 15 is 0 Å². The summed E-state index contributed by atoms with van der Waals surface area (Å²) in [6.07, 6.45) is 10.4. The number of hydrogen-bond acceptors (Lipinski definition) is 5. The molecule has 0 spiro atoms. The van der Waals surface area contributed by atoms with Crippen molar-refractivity contribution in [2.45, 2.75) is 62.7 Å². The molecule has 4 heterocycles. The predicted octanol–water partition coefficient (Wildman–Crippen LogP) is 2.18. The van der Waals surface area contributed by atoms with Crippen LogP contribution in [0.2, 0.25) is 0 Å². The van der Waals surface area contributed by atoms with Gasteiger partial charge in [0.15, 0.2) is 0 Å². The second-order valence-electron chi connectivity index (χ2n) is 7.93. The molecule has 2 atom stereocenters. The van der Waals surface area contributed by atoms with Crippen LogP contribution >= 0.6 is 11.8 Å². The Bertz CT molecular complexity index is 607. The van der Waals surface area contributed by atoms with Gasteiger partial charge in [-0.1, -0.05) is 6.07 Å². The normalized spacial score (nSPS) is 30.1. The van der Waals surface area contributed by atoms with E-state index in [0.717, 1.165) is 37.9 Å². The Balaban J connectivity index is 1.40. The van der Waals surface area contributed by atoms with Gasteiger partial charge in [0.2, 0.25) is 5.91 Å². The van der Waals surface area contributed by atoms with Crippen molar-refractivity contribution in [3.8, 4) is 0 Å². The monoisotopic (exact) mass is 374 g/mol. The van der Waals surface area contributed by atoms with E-state index in [4.69, 9.17) is 0 Å². The first-order chi connectivity index (χ1) is 12.8. The highest BCUT2D eigenvalue weighted by atomic mass is 32.2. The summed E-state index contributed by atoms with van der Waals surface area (Å²) < 4.78 is 0. The zero-order chi connectivity index (χ0) is 17.8. The van der Waals surface area contributed by atoms with Crippen molar-refractivity contribution in [1.82, 2.24) is 20.5 Å². The molecule has 0 aromatic carbocycles. The van der Waals surface area contributed by atoms with E-state index in [2.05, 4.69) is 32.3 Å². The van der Waals surface area contributed by atoms with Crippen LogP contribution in [0.15, 0.2) is 24.5 Å². The Kier molecular flexibility index (Phi) is 5.81. The fourth-order valence-corrected chi connectivity index (χ4v) is 5.94. The lowest BCUT2D eigenvalue weighted by Gasteiger charge is -2.40. The summed E-state index contributed by atoms with van der Waals surface area (Å²) in [5.74, 6) is 2.75. The highest BCUT2D eigenvalue weighted by Gasteiger charge is 2.51. The van der Waals surface area contributed by atoms with Crippen LogP contribution in [-0.2, 0) is 11.3 Å². The van der Waals surface area contributed by atoms with Crippen molar-refractivity contribution in [2.24, 2.45) is 0 Å². The molecule has 0 radical (unpaired) electrons. The Morgan fingerprint density at radius 2 is 2.19 bits per heavy atom. The van der Waals surface area contributed by atoms with Crippen molar-refractivity contribution < 1.29 is 4.79 Å². The number of thioether (sulfide) groups is 1. The maximum atomic E-state index is 13.2. The van der Waals surface area contributed by atoms with Crippen molar-refractivity contribution in [3.63, 3.8) is 0 Å². The van der Waals surface area contributed by atoms with E-state index in [-0.39, 0.29) is 11.4 Å². The lowest BCUT2D eigenvalue weighted by molar-refractivity contribution is -0.134. The summed E-state index contributed by atoms with van der Waals surface area (Å²) in [6.45, 7) is 2.64. The summed E-state index contributed by atoms with van der Waals surface area (Å²) >= 11 is 2.07. The standard InChI is InChI=1S/C20H30N4OS/c25-19(22-14-16-4-3-8-21-13-16)20-7-1-2-9-24(20)15-18(12-20)23-17-5-10-26-11-6-17/h3-4,8,13,17-18,23H,1-2,5-7,9-12,14-15H2,(H,22,25)/t18-,20-/m0/s1. The second-order valence-corrected chi connectivity index (χ2v) is 9.16. The third kappa shape index (κ3) is 3.92. The fourth-order valence-electron chi connectivity index (χ4n) is 4.84. The van der Waals surface area contributed by atoms with Gasteiger partial charge in [0, 0.05) is 37.6 Å². The number of carbonyl (C=O) groups is 1. The topological polar surface area (TPSA) is 57.3 Å². The second kappa shape index (κ2) is 8.28. The Hall–Kier alpha value is -1.11. The lowest BCUT2D eigenvalue weighted by atomic mass is 9.84. The summed E-state index contributed by atoms with van der Waals surface area (Å²) in [7, 11) is 0. The van der Waals surface area contributed by atoms with Crippen LogP contribution in [0.4, 0.5) is 0 Å². The number of fused-ring (bicyclic) bond motifs is 1. The molecule has 3 fully saturated rings. The molecular weight excluding hydrogens is 344 g/mol. The Labute approximate surface area is 160 Å². The van der Waals surface area contributed by atoms with E-state index in [9.17, 15) is 4.79 Å². The maximum absolute atomic E-state index is 13.2. The zero-order valence-electron chi connectivity index (χ0n) is 15.5. The maximum Gasteiger partial charge on any atom is 0.240 e. The predicted molar refractivity (Wildman–Crippen MR) is 106 cm³/mol. The lowest BCUT2D eigenvalue weighted by Crippen LogP contribution is -2.57. The van der Waals surface area contributed by atoms with Gasteiger partial charge in [0.05, 0.1) is 0 Å². The van der Waals surface area contributed by atoms with Crippen LogP contribution in [-0.4, -0.2) is 58.0 Å². The molecule has 0 aliphatic carbocycles. The van der Waals surface area contributed by atoms with Crippen LogP contribution < -0.4 is 10.6 Å². The van der Waals surface area contributed by atoms with Crippen molar-refractivity contribution in [1.29, 1.82) is 0 Å². The highest BCUT2D eigenvalue weighted by molar-refractivity contribution is 7.99. The minimum atomic E-state index is -0.304. The quantitative estimate of drug-likeness (QED) is 0.827. The first kappa shape index (κ1) is 18.3. The highest BCUT2D eigenvalue weighted by Crippen LogP contribution is 2.38. The average Bonchev–Trinajstić information content (AvgIpc) is 3.07. The Morgan fingerprint density at radius 3 is 3.00 bits per heavy atom. The van der Waals surface area contributed by atoms with Gasteiger partial charge in [-0.25, -0.2) is 0 Å². The summed E-state index contributed by atoms with van der Waals surface area (Å²) in [6, 6.07) is 5.03. The molecule has 3 saturated heterocycles. The van der Waals surface area contributed by atoms with E-state index in [1.807, 2.05) is 18.3 Å². The molecule has 5 nitrogen and oxygen atoms in total. The molecule has 3 aliphatic heterocycles. The first-order valence-electron chi connectivity index (χ1n) is 10.0. The van der Waals surface area contributed by atoms with Crippen molar-refractivity contribution >= 4 is 17.7 Å². The van der Waals surface area contributed by atoms with E-state index in [0.29, 0.717) is 18.6 Å². The molecular formula is C20H30N4OS. The third-order valence-electron chi connectivity index (χ3n) is 6.19. The van der Waals surface area contributed by atoms with Gasteiger partial charge in [-0.3, -0.25) is 14.7 Å². The average molecular weight is 375 g/mol. The first-order valence-corrected chi connectivity index (χ1v) is 11.2.